The van der Waals surface area contributed by atoms with Gasteiger partial charge in [0.25, 0.3) is 0 Å². The van der Waals surface area contributed by atoms with Gasteiger partial charge in [0, 0.05) is 36.9 Å². The number of benzene rings is 9. The first kappa shape index (κ1) is 36.2. The van der Waals surface area contributed by atoms with Crippen LogP contribution in [0.5, 0.6) is 0 Å². The Balaban J connectivity index is 1.00. The highest BCUT2D eigenvalue weighted by Gasteiger charge is 2.46. The highest BCUT2D eigenvalue weighted by atomic mass is 32.1. The van der Waals surface area contributed by atoms with E-state index in [-0.39, 0.29) is 0 Å². The van der Waals surface area contributed by atoms with Gasteiger partial charge >= 0.3 is 0 Å². The maximum absolute atomic E-state index is 5.30. The van der Waals surface area contributed by atoms with Crippen molar-refractivity contribution in [3.05, 3.63) is 253 Å². The molecule has 0 spiro atoms. The van der Waals surface area contributed by atoms with Gasteiger partial charge in [0.15, 0.2) is 5.82 Å². The van der Waals surface area contributed by atoms with Gasteiger partial charge in [0.1, 0.15) is 0 Å². The molecule has 1 aliphatic rings. The number of thiophene rings is 1. The maximum atomic E-state index is 5.30. The second-order valence-corrected chi connectivity index (χ2v) is 17.1. The number of fused-ring (bicyclic) bond motifs is 6. The van der Waals surface area contributed by atoms with E-state index in [1.807, 2.05) is 17.4 Å². The summed E-state index contributed by atoms with van der Waals surface area (Å²) >= 11 is 1.85. The van der Waals surface area contributed by atoms with E-state index < -0.39 is 5.41 Å². The molecular formula is C59H38N2S. The summed E-state index contributed by atoms with van der Waals surface area (Å²) < 4.78 is 2.62. The van der Waals surface area contributed by atoms with Crippen molar-refractivity contribution < 1.29 is 0 Å². The summed E-state index contributed by atoms with van der Waals surface area (Å²) in [5.74, 6) is 0.698. The minimum absolute atomic E-state index is 0.459. The SMILES string of the molecule is c1ccc(-c2nc(-c3cccc(-c4ccccc4-c4ccc5sc6ccccc6c5c4)c3)cc(-c3ccc4c(c3)-c3ccccc3C4(c3ccccc3)c3ccccc3)n2)cc1. The molecule has 9 aromatic carbocycles. The smallest absolute Gasteiger partial charge is 0.160 e. The van der Waals surface area contributed by atoms with Crippen molar-refractivity contribution in [2.24, 2.45) is 0 Å². The molecule has 3 heteroatoms. The van der Waals surface area contributed by atoms with Crippen LogP contribution >= 0.6 is 11.3 Å². The average Bonchev–Trinajstić information content (AvgIpc) is 3.88. The topological polar surface area (TPSA) is 25.8 Å². The fourth-order valence-electron chi connectivity index (χ4n) is 9.79. The zero-order valence-corrected chi connectivity index (χ0v) is 34.6. The van der Waals surface area contributed by atoms with Crippen molar-refractivity contribution >= 4 is 31.5 Å². The molecule has 2 aromatic heterocycles. The second kappa shape index (κ2) is 14.8. The number of rotatable bonds is 7. The summed E-state index contributed by atoms with van der Waals surface area (Å²) in [5, 5.41) is 2.61. The Morgan fingerprint density at radius 2 is 0.823 bits per heavy atom. The monoisotopic (exact) mass is 806 g/mol. The van der Waals surface area contributed by atoms with E-state index in [2.05, 4.69) is 224 Å². The molecular weight excluding hydrogens is 769 g/mol. The van der Waals surface area contributed by atoms with Gasteiger partial charge in [-0.3, -0.25) is 0 Å². The molecule has 0 amide bonds. The quantitative estimate of drug-likeness (QED) is 0.160. The first-order chi connectivity index (χ1) is 30.7. The largest absolute Gasteiger partial charge is 0.228 e. The van der Waals surface area contributed by atoms with Crippen molar-refractivity contribution in [3.63, 3.8) is 0 Å². The van der Waals surface area contributed by atoms with Crippen LogP contribution < -0.4 is 0 Å². The van der Waals surface area contributed by atoms with E-state index >= 15 is 0 Å². The summed E-state index contributed by atoms with van der Waals surface area (Å²) in [7, 11) is 0. The van der Waals surface area contributed by atoms with E-state index in [4.69, 9.17) is 9.97 Å². The summed E-state index contributed by atoms with van der Waals surface area (Å²) in [6.45, 7) is 0. The molecule has 0 bridgehead atoms. The number of hydrogen-bond donors (Lipinski definition) is 0. The Kier molecular flexibility index (Phi) is 8.62. The van der Waals surface area contributed by atoms with E-state index in [9.17, 15) is 0 Å². The normalized spacial score (nSPS) is 12.6. The molecule has 0 radical (unpaired) electrons. The molecule has 11 aromatic rings. The fourth-order valence-corrected chi connectivity index (χ4v) is 10.9. The number of nitrogens with zero attached hydrogens (tertiary/aromatic N) is 2. The van der Waals surface area contributed by atoms with Crippen molar-refractivity contribution in [1.82, 2.24) is 9.97 Å². The van der Waals surface area contributed by atoms with Crippen molar-refractivity contribution in [2.45, 2.75) is 5.41 Å². The van der Waals surface area contributed by atoms with Gasteiger partial charge in [-0.25, -0.2) is 9.97 Å². The third-order valence-corrected chi connectivity index (χ3v) is 13.7. The van der Waals surface area contributed by atoms with Crippen LogP contribution in [0.4, 0.5) is 0 Å². The molecule has 2 nitrogen and oxygen atoms in total. The van der Waals surface area contributed by atoms with E-state index in [1.54, 1.807) is 0 Å². The zero-order chi connectivity index (χ0) is 41.0. The van der Waals surface area contributed by atoms with Crippen LogP contribution in [0.3, 0.4) is 0 Å². The van der Waals surface area contributed by atoms with Crippen LogP contribution in [0, 0.1) is 0 Å². The molecule has 0 unspecified atom stereocenters. The van der Waals surface area contributed by atoms with Crippen LogP contribution in [-0.2, 0) is 5.41 Å². The fraction of sp³-hybridized carbons (Fsp3) is 0.0169. The molecule has 12 rings (SSSR count). The lowest BCUT2D eigenvalue weighted by molar-refractivity contribution is 0.768. The molecule has 62 heavy (non-hydrogen) atoms. The predicted molar refractivity (Wildman–Crippen MR) is 259 cm³/mol. The molecule has 290 valence electrons. The molecule has 0 saturated heterocycles. The Hall–Kier alpha value is -7.72. The van der Waals surface area contributed by atoms with Crippen molar-refractivity contribution in [1.29, 1.82) is 0 Å². The van der Waals surface area contributed by atoms with Gasteiger partial charge in [-0.1, -0.05) is 194 Å². The number of hydrogen-bond acceptors (Lipinski definition) is 3. The Morgan fingerprint density at radius 3 is 1.55 bits per heavy atom. The Bertz CT molecular complexity index is 3420. The predicted octanol–water partition coefficient (Wildman–Crippen LogP) is 15.5. The van der Waals surface area contributed by atoms with Crippen LogP contribution in [0.1, 0.15) is 22.3 Å². The van der Waals surface area contributed by atoms with Gasteiger partial charge in [-0.05, 0) is 92.0 Å². The van der Waals surface area contributed by atoms with E-state index in [0.717, 1.165) is 33.6 Å². The van der Waals surface area contributed by atoms with Gasteiger partial charge in [-0.2, -0.15) is 0 Å². The second-order valence-electron chi connectivity index (χ2n) is 16.1. The van der Waals surface area contributed by atoms with Crippen LogP contribution in [0.15, 0.2) is 231 Å². The first-order valence-corrected chi connectivity index (χ1v) is 22.0. The molecule has 0 saturated carbocycles. The lowest BCUT2D eigenvalue weighted by Gasteiger charge is -2.33. The lowest BCUT2D eigenvalue weighted by Crippen LogP contribution is -2.28. The van der Waals surface area contributed by atoms with Crippen molar-refractivity contribution in [2.75, 3.05) is 0 Å². The molecule has 0 aliphatic heterocycles. The molecule has 2 heterocycles. The maximum Gasteiger partial charge on any atom is 0.160 e. The average molecular weight is 807 g/mol. The van der Waals surface area contributed by atoms with Crippen LogP contribution in [0.2, 0.25) is 0 Å². The summed E-state index contributed by atoms with van der Waals surface area (Å²) in [4.78, 5) is 10.6. The molecule has 0 atom stereocenters. The summed E-state index contributed by atoms with van der Waals surface area (Å²) in [6, 6.07) is 83.4. The van der Waals surface area contributed by atoms with Gasteiger partial charge in [0.2, 0.25) is 0 Å². The first-order valence-electron chi connectivity index (χ1n) is 21.1. The lowest BCUT2D eigenvalue weighted by atomic mass is 9.67. The molecule has 0 fully saturated rings. The highest BCUT2D eigenvalue weighted by Crippen LogP contribution is 2.56. The van der Waals surface area contributed by atoms with E-state index in [0.29, 0.717) is 5.82 Å². The number of aromatic nitrogens is 2. The standard InChI is InChI=1S/C59H38N2S/c1-4-17-39(18-5-1)58-60-54(42-20-16-19-40(35-42)46-25-10-11-26-47(46)41-32-34-57-51(36-41)49-28-13-15-30-56(49)62-57)38-55(61-58)43-31-33-53-50(37-43)48-27-12-14-29-52(48)59(53,44-21-6-2-7-22-44)45-23-8-3-9-24-45/h1-38H. The van der Waals surface area contributed by atoms with Gasteiger partial charge < -0.3 is 0 Å². The van der Waals surface area contributed by atoms with E-state index in [1.165, 1.54) is 70.2 Å². The van der Waals surface area contributed by atoms with Crippen LogP contribution in [0.25, 0.3) is 87.5 Å². The molecule has 1 aliphatic carbocycles. The minimum Gasteiger partial charge on any atom is -0.228 e. The zero-order valence-electron chi connectivity index (χ0n) is 33.7. The van der Waals surface area contributed by atoms with Gasteiger partial charge in [-0.15, -0.1) is 11.3 Å². The summed E-state index contributed by atoms with van der Waals surface area (Å²) in [6.07, 6.45) is 0. The Labute approximate surface area is 365 Å². The van der Waals surface area contributed by atoms with Crippen molar-refractivity contribution in [3.8, 4) is 67.3 Å². The minimum atomic E-state index is -0.459. The van der Waals surface area contributed by atoms with Gasteiger partial charge in [0.05, 0.1) is 16.8 Å². The molecule has 0 N–H and O–H groups in total. The Morgan fingerprint density at radius 1 is 0.306 bits per heavy atom. The highest BCUT2D eigenvalue weighted by molar-refractivity contribution is 7.25. The third-order valence-electron chi connectivity index (χ3n) is 12.6. The van der Waals surface area contributed by atoms with Crippen LogP contribution in [-0.4, -0.2) is 9.97 Å². The summed E-state index contributed by atoms with van der Waals surface area (Å²) in [5.41, 5.74) is 16.6. The third kappa shape index (κ3) is 5.85.